The first kappa shape index (κ1) is 22.2. The predicted molar refractivity (Wildman–Crippen MR) is 119 cm³/mol. The maximum Gasteiger partial charge on any atom is 0.415 e. The minimum Gasteiger partial charge on any atom is -0.443 e. The van der Waals surface area contributed by atoms with Gasteiger partial charge < -0.3 is 15.4 Å². The molecular formula is C21H26BrN5O3. The van der Waals surface area contributed by atoms with Crippen LogP contribution >= 0.6 is 15.9 Å². The van der Waals surface area contributed by atoms with Gasteiger partial charge in [-0.25, -0.2) is 9.78 Å². The number of rotatable bonds is 4. The van der Waals surface area contributed by atoms with Gasteiger partial charge in [-0.2, -0.15) is 0 Å². The van der Waals surface area contributed by atoms with Crippen molar-refractivity contribution in [3.63, 3.8) is 0 Å². The molecule has 0 aliphatic carbocycles. The summed E-state index contributed by atoms with van der Waals surface area (Å²) in [4.78, 5) is 35.8. The van der Waals surface area contributed by atoms with E-state index >= 15 is 0 Å². The van der Waals surface area contributed by atoms with Crippen LogP contribution in [0.4, 0.5) is 16.2 Å². The number of ether oxygens (including phenoxy) is 1. The maximum absolute atomic E-state index is 13.1. The Hall–Kier alpha value is -2.52. The molecule has 160 valence electrons. The second-order valence-corrected chi connectivity index (χ2v) is 8.86. The van der Waals surface area contributed by atoms with Gasteiger partial charge in [-0.1, -0.05) is 6.07 Å². The number of carbonyl (C=O) groups excluding carboxylic acids is 2. The molecule has 1 fully saturated rings. The van der Waals surface area contributed by atoms with Gasteiger partial charge in [-0.05, 0) is 74.3 Å². The van der Waals surface area contributed by atoms with Crippen molar-refractivity contribution in [2.75, 3.05) is 23.3 Å². The summed E-state index contributed by atoms with van der Waals surface area (Å²) in [6.45, 7) is 7.04. The summed E-state index contributed by atoms with van der Waals surface area (Å²) in [6, 6.07) is 6.70. The Morgan fingerprint density at radius 3 is 2.77 bits per heavy atom. The molecule has 2 aromatic rings. The van der Waals surface area contributed by atoms with Crippen LogP contribution in [0.2, 0.25) is 0 Å². The number of anilines is 2. The first-order valence-corrected chi connectivity index (χ1v) is 10.6. The third kappa shape index (κ3) is 5.76. The van der Waals surface area contributed by atoms with Gasteiger partial charge in [-0.3, -0.25) is 14.7 Å². The Balaban J connectivity index is 1.93. The van der Waals surface area contributed by atoms with Crippen molar-refractivity contribution in [2.45, 2.75) is 45.3 Å². The fourth-order valence-corrected chi connectivity index (χ4v) is 3.57. The number of amides is 2. The quantitative estimate of drug-likeness (QED) is 0.648. The molecule has 0 unspecified atom stereocenters. The summed E-state index contributed by atoms with van der Waals surface area (Å²) in [6.07, 6.45) is 4.43. The van der Waals surface area contributed by atoms with Crippen LogP contribution in [0.25, 0.3) is 0 Å². The molecule has 0 radical (unpaired) electrons. The summed E-state index contributed by atoms with van der Waals surface area (Å²) in [7, 11) is 0. The van der Waals surface area contributed by atoms with E-state index in [1.54, 1.807) is 35.4 Å². The highest BCUT2D eigenvalue weighted by Crippen LogP contribution is 2.30. The van der Waals surface area contributed by atoms with Gasteiger partial charge in [0.2, 0.25) is 0 Å². The highest BCUT2D eigenvalue weighted by Gasteiger charge is 2.32. The number of halogens is 1. The maximum atomic E-state index is 13.1. The van der Waals surface area contributed by atoms with E-state index in [1.165, 1.54) is 6.20 Å². The van der Waals surface area contributed by atoms with Crippen LogP contribution in [0.3, 0.4) is 0 Å². The Morgan fingerprint density at radius 1 is 1.30 bits per heavy atom. The molecule has 1 atom stereocenters. The second kappa shape index (κ2) is 9.53. The number of nitrogens with one attached hydrogen (secondary N) is 2. The van der Waals surface area contributed by atoms with Crippen LogP contribution in [-0.4, -0.2) is 46.7 Å². The average Bonchev–Trinajstić information content (AvgIpc) is 2.69. The van der Waals surface area contributed by atoms with Crippen molar-refractivity contribution in [2.24, 2.45) is 0 Å². The lowest BCUT2D eigenvalue weighted by Gasteiger charge is -2.36. The SMILES string of the molecule is CC(C)(C)OC(=O)N(c1ccncc1NC(=O)c1cccc(Br)n1)[C@H]1CCCNC1. The van der Waals surface area contributed by atoms with Crippen LogP contribution in [-0.2, 0) is 4.74 Å². The average molecular weight is 476 g/mol. The highest BCUT2D eigenvalue weighted by atomic mass is 79.9. The van der Waals surface area contributed by atoms with E-state index in [-0.39, 0.29) is 11.7 Å². The van der Waals surface area contributed by atoms with Crippen LogP contribution in [0.15, 0.2) is 41.3 Å². The lowest BCUT2D eigenvalue weighted by Crippen LogP contribution is -2.50. The molecule has 3 heterocycles. The molecule has 0 aromatic carbocycles. The number of nitrogens with zero attached hydrogens (tertiary/aromatic N) is 3. The van der Waals surface area contributed by atoms with E-state index < -0.39 is 17.6 Å². The Kier molecular flexibility index (Phi) is 7.04. The summed E-state index contributed by atoms with van der Waals surface area (Å²) >= 11 is 3.27. The number of carbonyl (C=O) groups is 2. The molecule has 0 spiro atoms. The van der Waals surface area contributed by atoms with Crippen molar-refractivity contribution in [1.82, 2.24) is 15.3 Å². The fourth-order valence-electron chi connectivity index (χ4n) is 3.22. The monoisotopic (exact) mass is 475 g/mol. The van der Waals surface area contributed by atoms with Crippen molar-refractivity contribution in [3.05, 3.63) is 47.0 Å². The van der Waals surface area contributed by atoms with Gasteiger partial charge in [-0.15, -0.1) is 0 Å². The van der Waals surface area contributed by atoms with Gasteiger partial charge in [0.1, 0.15) is 15.9 Å². The summed E-state index contributed by atoms with van der Waals surface area (Å²) in [5, 5.41) is 6.16. The number of aromatic nitrogens is 2. The third-order valence-corrected chi connectivity index (χ3v) is 4.92. The molecule has 30 heavy (non-hydrogen) atoms. The largest absolute Gasteiger partial charge is 0.443 e. The summed E-state index contributed by atoms with van der Waals surface area (Å²) in [5.74, 6) is -0.392. The third-order valence-electron chi connectivity index (χ3n) is 4.48. The first-order chi connectivity index (χ1) is 14.2. The molecule has 2 aromatic heterocycles. The lowest BCUT2D eigenvalue weighted by atomic mass is 10.1. The second-order valence-electron chi connectivity index (χ2n) is 8.04. The van der Waals surface area contributed by atoms with Crippen molar-refractivity contribution < 1.29 is 14.3 Å². The van der Waals surface area contributed by atoms with Gasteiger partial charge >= 0.3 is 6.09 Å². The molecule has 8 nitrogen and oxygen atoms in total. The summed E-state index contributed by atoms with van der Waals surface area (Å²) < 4.78 is 6.24. The van der Waals surface area contributed by atoms with Gasteiger partial charge in [0, 0.05) is 12.7 Å². The lowest BCUT2D eigenvalue weighted by molar-refractivity contribution is 0.0560. The summed E-state index contributed by atoms with van der Waals surface area (Å²) in [5.41, 5.74) is 0.563. The fraction of sp³-hybridized carbons (Fsp3) is 0.429. The zero-order valence-electron chi connectivity index (χ0n) is 17.3. The van der Waals surface area contributed by atoms with E-state index in [4.69, 9.17) is 4.74 Å². The minimum absolute atomic E-state index is 0.101. The number of hydrogen-bond donors (Lipinski definition) is 2. The molecule has 9 heteroatoms. The zero-order valence-corrected chi connectivity index (χ0v) is 18.9. The first-order valence-electron chi connectivity index (χ1n) is 9.85. The molecule has 1 aliphatic heterocycles. The Morgan fingerprint density at radius 2 is 2.10 bits per heavy atom. The molecule has 0 saturated carbocycles. The molecular weight excluding hydrogens is 450 g/mol. The molecule has 3 rings (SSSR count). The molecule has 1 saturated heterocycles. The normalized spacial score (nSPS) is 16.6. The topological polar surface area (TPSA) is 96.5 Å². The van der Waals surface area contributed by atoms with Crippen LogP contribution < -0.4 is 15.5 Å². The Bertz CT molecular complexity index is 910. The van der Waals surface area contributed by atoms with E-state index in [2.05, 4.69) is 36.5 Å². The zero-order chi connectivity index (χ0) is 21.7. The smallest absolute Gasteiger partial charge is 0.415 e. The van der Waals surface area contributed by atoms with E-state index in [0.29, 0.717) is 22.5 Å². The number of hydrogen-bond acceptors (Lipinski definition) is 6. The van der Waals surface area contributed by atoms with E-state index in [9.17, 15) is 9.59 Å². The van der Waals surface area contributed by atoms with Gasteiger partial charge in [0.05, 0.1) is 23.6 Å². The van der Waals surface area contributed by atoms with Crippen LogP contribution in [0.5, 0.6) is 0 Å². The van der Waals surface area contributed by atoms with Crippen LogP contribution in [0, 0.1) is 0 Å². The molecule has 0 bridgehead atoms. The van der Waals surface area contributed by atoms with Crippen molar-refractivity contribution in [3.8, 4) is 0 Å². The van der Waals surface area contributed by atoms with Crippen LogP contribution in [0.1, 0.15) is 44.1 Å². The molecule has 2 N–H and O–H groups in total. The standard InChI is InChI=1S/C21H26BrN5O3/c1-21(2,3)30-20(29)27(14-6-5-10-23-12-14)17-9-11-24-13-16(17)26-19(28)15-7-4-8-18(22)25-15/h4,7-9,11,13-14,23H,5-6,10,12H2,1-3H3,(H,26,28)/t14-/m0/s1. The van der Waals surface area contributed by atoms with Gasteiger partial charge in [0.15, 0.2) is 0 Å². The van der Waals surface area contributed by atoms with E-state index in [0.717, 1.165) is 19.4 Å². The Labute approximate surface area is 184 Å². The number of pyridine rings is 2. The predicted octanol–water partition coefficient (Wildman–Crippen LogP) is 3.98. The molecule has 1 aliphatic rings. The highest BCUT2D eigenvalue weighted by molar-refractivity contribution is 9.10. The minimum atomic E-state index is -0.645. The van der Waals surface area contributed by atoms with Crippen molar-refractivity contribution >= 4 is 39.3 Å². The van der Waals surface area contributed by atoms with Gasteiger partial charge in [0.25, 0.3) is 5.91 Å². The number of piperidine rings is 1. The molecule has 2 amide bonds. The van der Waals surface area contributed by atoms with Crippen molar-refractivity contribution in [1.29, 1.82) is 0 Å². The van der Waals surface area contributed by atoms with E-state index in [1.807, 2.05) is 20.8 Å².